The van der Waals surface area contributed by atoms with Crippen LogP contribution >= 0.6 is 0 Å². The van der Waals surface area contributed by atoms with E-state index in [1.54, 1.807) is 0 Å². The Morgan fingerprint density at radius 1 is 0.377 bits per heavy atom. The maximum absolute atomic E-state index is 14.9. The van der Waals surface area contributed by atoms with Crippen molar-refractivity contribution in [3.63, 3.8) is 0 Å². The van der Waals surface area contributed by atoms with Crippen LogP contribution in [0.3, 0.4) is 0 Å². The largest absolute Gasteiger partial charge is 2.00 e. The Morgan fingerprint density at radius 3 is 1.03 bits per heavy atom. The molecule has 0 saturated heterocycles. The molecule has 0 unspecified atom stereocenters. The first kappa shape index (κ1) is 46.1. The zero-order valence-corrected chi connectivity index (χ0v) is 42.5. The maximum Gasteiger partial charge on any atom is 2.00 e. The molecule has 2 aliphatic carbocycles. The molecule has 2 aliphatic heterocycles. The molecule has 6 nitrogen and oxygen atoms in total. The van der Waals surface area contributed by atoms with Crippen molar-refractivity contribution in [1.82, 2.24) is 19.9 Å². The first-order valence-electron chi connectivity index (χ1n) is 23.8. The van der Waals surface area contributed by atoms with Crippen LogP contribution in [-0.2, 0) is 38.2 Å². The molecular formula is C62H56N4NiO2. The minimum Gasteiger partial charge on any atom is -0.657 e. The van der Waals surface area contributed by atoms with Gasteiger partial charge in [-0.3, -0.25) is 9.59 Å². The molecule has 0 saturated carbocycles. The fraction of sp³-hybridized carbons (Fsp3) is 0.258. The summed E-state index contributed by atoms with van der Waals surface area (Å²) in [5.41, 5.74) is 13.6. The summed E-state index contributed by atoms with van der Waals surface area (Å²) < 4.78 is 0. The van der Waals surface area contributed by atoms with Crippen molar-refractivity contribution in [3.05, 3.63) is 163 Å². The van der Waals surface area contributed by atoms with Crippen LogP contribution in [-0.4, -0.2) is 9.97 Å². The molecule has 11 rings (SSSR count). The van der Waals surface area contributed by atoms with E-state index in [1.165, 1.54) is 22.3 Å². The first-order valence-corrected chi connectivity index (χ1v) is 23.8. The van der Waals surface area contributed by atoms with Crippen molar-refractivity contribution in [1.29, 1.82) is 0 Å². The number of aromatic nitrogens is 4. The molecule has 0 fully saturated rings. The zero-order valence-electron chi connectivity index (χ0n) is 41.5. The Balaban J connectivity index is 0.00000553. The second-order valence-corrected chi connectivity index (χ2v) is 23.1. The van der Waals surface area contributed by atoms with E-state index >= 15 is 0 Å². The molecule has 0 N–H and O–H groups in total. The van der Waals surface area contributed by atoms with Crippen molar-refractivity contribution in [2.24, 2.45) is 0 Å². The Bertz CT molecular complexity index is 3620. The molecule has 69 heavy (non-hydrogen) atoms. The van der Waals surface area contributed by atoms with Crippen molar-refractivity contribution in [2.75, 3.05) is 0 Å². The van der Waals surface area contributed by atoms with E-state index in [1.807, 2.05) is 60.7 Å². The summed E-state index contributed by atoms with van der Waals surface area (Å²) >= 11 is 0. The van der Waals surface area contributed by atoms with Crippen LogP contribution in [0, 0.1) is 0 Å². The summed E-state index contributed by atoms with van der Waals surface area (Å²) in [4.78, 5) is 52.0. The Labute approximate surface area is 413 Å². The third-order valence-corrected chi connectivity index (χ3v) is 14.1. The van der Waals surface area contributed by atoms with E-state index in [-0.39, 0.29) is 49.0 Å². The number of hydrogen-bond donors (Lipinski definition) is 0. The van der Waals surface area contributed by atoms with Gasteiger partial charge in [0.1, 0.15) is 0 Å². The van der Waals surface area contributed by atoms with Crippen LogP contribution in [0.25, 0.3) is 111 Å². The standard InChI is InChI=1S/C62H58N4O2.Ni/c1-59(2,3)35-27-33(28-36(31-35)60(4,5)6)49-43-21-22-44(63-43)50(34-29-37(61(7,8)9)32-38(30-34)62(10,11)12)46-24-26-48(65-46)52-40-18-14-16-20-42(40)58(68)54-53-55(66-56(52)54)51(47-25-23-45(49)64-47)39-17-13-15-19-41(39)57(53)67;/h13-32H,1-12H3,(H2,63,64,65,66,67,68);/q;+2/p-2. The molecule has 0 amide bonds. The van der Waals surface area contributed by atoms with E-state index in [4.69, 9.17) is 19.9 Å². The van der Waals surface area contributed by atoms with Gasteiger partial charge in [-0.05, 0) is 99.9 Å². The van der Waals surface area contributed by atoms with Crippen molar-refractivity contribution in [3.8, 4) is 44.8 Å². The quantitative estimate of drug-likeness (QED) is 0.160. The molecule has 8 bridgehead atoms. The van der Waals surface area contributed by atoms with Crippen molar-refractivity contribution >= 4 is 66.5 Å². The molecule has 4 aromatic carbocycles. The maximum atomic E-state index is 14.9. The van der Waals surface area contributed by atoms with Crippen molar-refractivity contribution < 1.29 is 16.5 Å². The van der Waals surface area contributed by atoms with E-state index in [0.29, 0.717) is 55.1 Å². The molecule has 7 heteroatoms. The smallest absolute Gasteiger partial charge is 0.657 e. The van der Waals surface area contributed by atoms with Gasteiger partial charge in [0.05, 0.1) is 33.9 Å². The number of hydrogen-bond acceptors (Lipinski definition) is 4. The molecule has 5 heterocycles. The summed E-state index contributed by atoms with van der Waals surface area (Å²) in [7, 11) is 0. The van der Waals surface area contributed by atoms with Crippen LogP contribution < -0.4 is 20.8 Å². The average molecular weight is 948 g/mol. The van der Waals surface area contributed by atoms with Gasteiger partial charge >= 0.3 is 16.5 Å². The Morgan fingerprint density at radius 2 is 0.696 bits per heavy atom. The monoisotopic (exact) mass is 946 g/mol. The fourth-order valence-electron chi connectivity index (χ4n) is 10.2. The molecule has 0 atom stereocenters. The summed E-state index contributed by atoms with van der Waals surface area (Å²) in [5.74, 6) is 0. The van der Waals surface area contributed by atoms with Crippen LogP contribution in [0.2, 0.25) is 0 Å². The molecule has 346 valence electrons. The number of nitrogens with zero attached hydrogens (tertiary/aromatic N) is 4. The predicted molar refractivity (Wildman–Crippen MR) is 285 cm³/mol. The minimum atomic E-state index is -0.223. The van der Waals surface area contributed by atoms with E-state index in [0.717, 1.165) is 55.4 Å². The van der Waals surface area contributed by atoms with Gasteiger partial charge < -0.3 is 9.97 Å². The third-order valence-electron chi connectivity index (χ3n) is 14.1. The zero-order chi connectivity index (χ0) is 48.0. The third kappa shape index (κ3) is 7.44. The fourth-order valence-corrected chi connectivity index (χ4v) is 10.2. The molecule has 0 spiro atoms. The van der Waals surface area contributed by atoms with Crippen LogP contribution in [0.5, 0.6) is 0 Å². The van der Waals surface area contributed by atoms with Crippen LogP contribution in [0.4, 0.5) is 0 Å². The molecule has 4 aliphatic rings. The van der Waals surface area contributed by atoms with Gasteiger partial charge in [-0.2, -0.15) is 0 Å². The number of rotatable bonds is 2. The summed E-state index contributed by atoms with van der Waals surface area (Å²) in [6, 6.07) is 37.4. The normalized spacial score (nSPS) is 13.2. The van der Waals surface area contributed by atoms with Crippen LogP contribution in [0.1, 0.15) is 117 Å². The molecule has 3 aromatic heterocycles. The van der Waals surface area contributed by atoms with Gasteiger partial charge in [-0.15, -0.1) is 22.1 Å². The van der Waals surface area contributed by atoms with E-state index in [9.17, 15) is 9.59 Å². The van der Waals surface area contributed by atoms with Gasteiger partial charge in [-0.25, -0.2) is 9.97 Å². The van der Waals surface area contributed by atoms with Gasteiger partial charge in [-0.1, -0.05) is 192 Å². The first-order chi connectivity index (χ1) is 32.1. The summed E-state index contributed by atoms with van der Waals surface area (Å²) in [6.07, 6.45) is 4.27. The second kappa shape index (κ2) is 15.7. The minimum absolute atomic E-state index is 0. The SMILES string of the molecule is CC(C)(C)c1cc(-c2c3nc(c(-c4cc(C(C)(C)C)cc(C(C)(C)C)c4)c4ccc([n-]4)c4c5nc6c(c7ccc2[n-]7)c2ccccc2c(=O)c-6c-5c(=O)c2ccccc24)C=C3)cc(C(C)(C)C)c1.[Ni+2]. The van der Waals surface area contributed by atoms with Crippen molar-refractivity contribution in [2.45, 2.75) is 105 Å². The second-order valence-electron chi connectivity index (χ2n) is 23.1. The summed E-state index contributed by atoms with van der Waals surface area (Å²) in [6.45, 7) is 27.1. The molecular weight excluding hydrogens is 891 g/mol. The Hall–Kier alpha value is -6.69. The van der Waals surface area contributed by atoms with Gasteiger partial charge in [0.15, 0.2) is 10.9 Å². The topological polar surface area (TPSA) is 88.1 Å². The predicted octanol–water partition coefficient (Wildman–Crippen LogP) is 14.7. The van der Waals surface area contributed by atoms with Gasteiger partial charge in [0, 0.05) is 10.8 Å². The van der Waals surface area contributed by atoms with Crippen LogP contribution in [0.15, 0.2) is 119 Å². The number of fused-ring (bicyclic) bond motifs is 13. The average Bonchev–Trinajstić information content (AvgIpc) is 4.11. The van der Waals surface area contributed by atoms with E-state index in [2.05, 4.69) is 144 Å². The number of benzene rings is 6. The Kier molecular flexibility index (Phi) is 10.5. The summed E-state index contributed by atoms with van der Waals surface area (Å²) in [5, 5.41) is 3.93. The van der Waals surface area contributed by atoms with Gasteiger partial charge in [0.25, 0.3) is 0 Å². The molecule has 0 radical (unpaired) electrons. The molecule has 7 aromatic rings. The van der Waals surface area contributed by atoms with Gasteiger partial charge in [0.2, 0.25) is 0 Å². The van der Waals surface area contributed by atoms with E-state index < -0.39 is 0 Å².